The molecular formula is C22H21ClFNO2S. The molecule has 3 nitrogen and oxygen atoms in total. The highest BCUT2D eigenvalue weighted by Gasteiger charge is 2.39. The van der Waals surface area contributed by atoms with Crippen molar-refractivity contribution in [3.05, 3.63) is 69.8 Å². The third-order valence-electron chi connectivity index (χ3n) is 4.53. The average molecular weight is 418 g/mol. The molecule has 146 valence electrons. The van der Waals surface area contributed by atoms with Crippen LogP contribution in [0, 0.1) is 5.82 Å². The topological polar surface area (TPSA) is 37.4 Å². The Labute approximate surface area is 173 Å². The molecule has 0 fully saturated rings. The monoisotopic (exact) mass is 417 g/mol. The van der Waals surface area contributed by atoms with Crippen molar-refractivity contribution in [3.8, 4) is 0 Å². The largest absolute Gasteiger partial charge is 0.274 e. The summed E-state index contributed by atoms with van der Waals surface area (Å²) in [5.74, 6) is -0.991. The van der Waals surface area contributed by atoms with Crippen LogP contribution >= 0.6 is 23.4 Å². The van der Waals surface area contributed by atoms with E-state index in [1.54, 1.807) is 24.3 Å². The number of hydrogen-bond acceptors (Lipinski definition) is 3. The number of unbranched alkanes of at least 4 members (excludes halogenated alkanes) is 3. The maximum atomic E-state index is 13.3. The fraction of sp³-hybridized carbons (Fsp3) is 0.273. The molecule has 1 heterocycles. The molecule has 0 aliphatic carbocycles. The van der Waals surface area contributed by atoms with Gasteiger partial charge in [-0.2, -0.15) is 0 Å². The second kappa shape index (κ2) is 9.39. The highest BCUT2D eigenvalue weighted by atomic mass is 35.5. The van der Waals surface area contributed by atoms with Crippen LogP contribution in [0.4, 0.5) is 4.39 Å². The molecule has 0 saturated carbocycles. The summed E-state index contributed by atoms with van der Waals surface area (Å²) in [6.07, 6.45) is 3.90. The van der Waals surface area contributed by atoms with E-state index in [9.17, 15) is 14.0 Å². The van der Waals surface area contributed by atoms with Crippen molar-refractivity contribution in [3.63, 3.8) is 0 Å². The lowest BCUT2D eigenvalue weighted by atomic mass is 10.1. The van der Waals surface area contributed by atoms with E-state index in [0.717, 1.165) is 30.6 Å². The van der Waals surface area contributed by atoms with Crippen LogP contribution in [0.3, 0.4) is 0 Å². The summed E-state index contributed by atoms with van der Waals surface area (Å²) in [7, 11) is 0. The number of nitrogens with zero attached hydrogens (tertiary/aromatic N) is 1. The first kappa shape index (κ1) is 20.6. The Balaban J connectivity index is 1.92. The van der Waals surface area contributed by atoms with Gasteiger partial charge in [0.1, 0.15) is 5.82 Å². The number of carbonyl (C=O) groups excluding carboxylic acids is 2. The van der Waals surface area contributed by atoms with Gasteiger partial charge in [-0.15, -0.1) is 0 Å². The van der Waals surface area contributed by atoms with E-state index in [1.165, 1.54) is 28.8 Å². The van der Waals surface area contributed by atoms with Gasteiger partial charge in [0.05, 0.1) is 10.5 Å². The SMILES string of the molecule is CCCCCCN1C(=O)C(Sc2ccc(Cl)cc2)=C(c2ccc(F)cc2)C1=O. The van der Waals surface area contributed by atoms with Crippen molar-refractivity contribution in [2.45, 2.75) is 37.5 Å². The summed E-state index contributed by atoms with van der Waals surface area (Å²) in [5.41, 5.74) is 0.882. The first-order valence-electron chi connectivity index (χ1n) is 9.31. The van der Waals surface area contributed by atoms with E-state index in [4.69, 9.17) is 11.6 Å². The molecule has 0 radical (unpaired) electrons. The van der Waals surface area contributed by atoms with Crippen molar-refractivity contribution in [2.75, 3.05) is 6.54 Å². The van der Waals surface area contributed by atoms with E-state index >= 15 is 0 Å². The second-order valence-corrected chi connectivity index (χ2v) is 8.11. The summed E-state index contributed by atoms with van der Waals surface area (Å²) in [4.78, 5) is 28.6. The molecule has 2 aromatic rings. The predicted molar refractivity (Wildman–Crippen MR) is 111 cm³/mol. The van der Waals surface area contributed by atoms with Gasteiger partial charge in [-0.3, -0.25) is 14.5 Å². The zero-order valence-electron chi connectivity index (χ0n) is 15.6. The number of hydrogen-bond donors (Lipinski definition) is 0. The molecule has 28 heavy (non-hydrogen) atoms. The summed E-state index contributed by atoms with van der Waals surface area (Å²) in [6.45, 7) is 2.51. The molecule has 3 rings (SSSR count). The Bertz CT molecular complexity index is 894. The zero-order valence-corrected chi connectivity index (χ0v) is 17.2. The number of thioether (sulfide) groups is 1. The molecule has 0 unspecified atom stereocenters. The van der Waals surface area contributed by atoms with Gasteiger partial charge >= 0.3 is 0 Å². The molecule has 2 amide bonds. The van der Waals surface area contributed by atoms with Gasteiger partial charge in [0, 0.05) is 16.5 Å². The molecule has 1 aliphatic rings. The number of carbonyl (C=O) groups is 2. The maximum Gasteiger partial charge on any atom is 0.268 e. The number of benzene rings is 2. The normalized spacial score (nSPS) is 14.3. The molecule has 6 heteroatoms. The minimum Gasteiger partial charge on any atom is -0.274 e. The Morgan fingerprint density at radius 2 is 1.61 bits per heavy atom. The van der Waals surface area contributed by atoms with Gasteiger partial charge in [0.25, 0.3) is 11.8 Å². The maximum absolute atomic E-state index is 13.3. The third kappa shape index (κ3) is 4.65. The van der Waals surface area contributed by atoms with Gasteiger partial charge in [-0.25, -0.2) is 4.39 Å². The van der Waals surface area contributed by atoms with E-state index in [2.05, 4.69) is 6.92 Å². The third-order valence-corrected chi connectivity index (χ3v) is 5.87. The van der Waals surface area contributed by atoms with Crippen LogP contribution in [0.5, 0.6) is 0 Å². The van der Waals surface area contributed by atoms with Crippen LogP contribution in [0.2, 0.25) is 5.02 Å². The second-order valence-electron chi connectivity index (χ2n) is 6.59. The fourth-order valence-electron chi connectivity index (χ4n) is 3.04. The molecule has 0 bridgehead atoms. The predicted octanol–water partition coefficient (Wildman–Crippen LogP) is 5.93. The lowest BCUT2D eigenvalue weighted by Gasteiger charge is -2.14. The minimum atomic E-state index is -0.385. The van der Waals surface area contributed by atoms with Gasteiger partial charge in [-0.1, -0.05) is 61.7 Å². The fourth-order valence-corrected chi connectivity index (χ4v) is 4.18. The lowest BCUT2D eigenvalue weighted by Crippen LogP contribution is -2.32. The van der Waals surface area contributed by atoms with Crippen molar-refractivity contribution in [2.24, 2.45) is 0 Å². The van der Waals surface area contributed by atoms with E-state index < -0.39 is 0 Å². The summed E-state index contributed by atoms with van der Waals surface area (Å²) in [5, 5.41) is 0.600. The Morgan fingerprint density at radius 1 is 0.929 bits per heavy atom. The van der Waals surface area contributed by atoms with Crippen LogP contribution in [-0.2, 0) is 9.59 Å². The Kier molecular flexibility index (Phi) is 6.92. The molecule has 0 atom stereocenters. The molecule has 0 spiro atoms. The van der Waals surface area contributed by atoms with Crippen LogP contribution < -0.4 is 0 Å². The molecule has 0 saturated heterocycles. The highest BCUT2D eigenvalue weighted by molar-refractivity contribution is 8.04. The molecular weight excluding hydrogens is 397 g/mol. The molecule has 0 aromatic heterocycles. The molecule has 0 N–H and O–H groups in total. The number of rotatable bonds is 8. The summed E-state index contributed by atoms with van der Waals surface area (Å²) >= 11 is 7.18. The van der Waals surface area contributed by atoms with E-state index in [-0.39, 0.29) is 17.6 Å². The van der Waals surface area contributed by atoms with Crippen molar-refractivity contribution < 1.29 is 14.0 Å². The minimum absolute atomic E-state index is 0.291. The van der Waals surface area contributed by atoms with Crippen LogP contribution in [0.25, 0.3) is 5.57 Å². The first-order valence-corrected chi connectivity index (χ1v) is 10.5. The van der Waals surface area contributed by atoms with Crippen LogP contribution in [0.15, 0.2) is 58.3 Å². The van der Waals surface area contributed by atoms with Crippen LogP contribution in [-0.4, -0.2) is 23.3 Å². The van der Waals surface area contributed by atoms with Gasteiger partial charge in [0.15, 0.2) is 0 Å². The van der Waals surface area contributed by atoms with Crippen LogP contribution in [0.1, 0.15) is 38.2 Å². The smallest absolute Gasteiger partial charge is 0.268 e. The number of amides is 2. The lowest BCUT2D eigenvalue weighted by molar-refractivity contribution is -0.136. The Morgan fingerprint density at radius 3 is 2.25 bits per heavy atom. The van der Waals surface area contributed by atoms with E-state index in [0.29, 0.717) is 27.6 Å². The van der Waals surface area contributed by atoms with Gasteiger partial charge < -0.3 is 0 Å². The number of imide groups is 1. The molecule has 1 aliphatic heterocycles. The number of halogens is 2. The van der Waals surface area contributed by atoms with Gasteiger partial charge in [0.2, 0.25) is 0 Å². The van der Waals surface area contributed by atoms with Crippen molar-refractivity contribution in [1.82, 2.24) is 4.90 Å². The van der Waals surface area contributed by atoms with Crippen molar-refractivity contribution >= 4 is 40.8 Å². The summed E-state index contributed by atoms with van der Waals surface area (Å²) in [6, 6.07) is 12.8. The molecule has 2 aromatic carbocycles. The quantitative estimate of drug-likeness (QED) is 0.394. The average Bonchev–Trinajstić information content (AvgIpc) is 2.92. The first-order chi connectivity index (χ1) is 13.5. The highest BCUT2D eigenvalue weighted by Crippen LogP contribution is 2.40. The zero-order chi connectivity index (χ0) is 20.1. The van der Waals surface area contributed by atoms with Gasteiger partial charge in [-0.05, 0) is 48.4 Å². The van der Waals surface area contributed by atoms with Crippen molar-refractivity contribution in [1.29, 1.82) is 0 Å². The van der Waals surface area contributed by atoms with E-state index in [1.807, 2.05) is 12.1 Å². The standard InChI is InChI=1S/C22H21ClFNO2S/c1-2-3-4-5-14-25-21(26)19(15-6-10-17(24)11-7-15)20(22(25)27)28-18-12-8-16(23)9-13-18/h6-13H,2-5,14H2,1H3. The summed E-state index contributed by atoms with van der Waals surface area (Å²) < 4.78 is 13.3. The Hall–Kier alpha value is -2.11.